The molecule has 78 valence electrons. The van der Waals surface area contributed by atoms with Gasteiger partial charge < -0.3 is 4.74 Å². The van der Waals surface area contributed by atoms with Crippen LogP contribution in [0.4, 0.5) is 4.39 Å². The fourth-order valence-corrected chi connectivity index (χ4v) is 1.54. The topological polar surface area (TPSA) is 43.4 Å². The molecule has 0 aliphatic carbocycles. The first-order valence-electron chi connectivity index (χ1n) is 4.66. The van der Waals surface area contributed by atoms with Crippen LogP contribution < -0.4 is 0 Å². The standard InChI is InChI=1S/C11H9FO3/c12-8-4-2-1-3-7(8)11(14)9-5-6-10(13)15-9/h1-4,9H,5-6H2. The molecule has 0 spiro atoms. The van der Waals surface area contributed by atoms with Gasteiger partial charge in [0.2, 0.25) is 5.78 Å². The fourth-order valence-electron chi connectivity index (χ4n) is 1.54. The van der Waals surface area contributed by atoms with Crippen LogP contribution in [-0.4, -0.2) is 17.9 Å². The second kappa shape index (κ2) is 3.81. The Morgan fingerprint density at radius 3 is 2.73 bits per heavy atom. The number of ketones is 1. The van der Waals surface area contributed by atoms with Gasteiger partial charge in [0, 0.05) is 12.8 Å². The molecule has 0 saturated carbocycles. The van der Waals surface area contributed by atoms with Gasteiger partial charge in [-0.3, -0.25) is 9.59 Å². The Kier molecular flexibility index (Phi) is 2.49. The third-order valence-corrected chi connectivity index (χ3v) is 2.32. The number of carbonyl (C=O) groups excluding carboxylic acids is 2. The lowest BCUT2D eigenvalue weighted by molar-refractivity contribution is -0.140. The molecule has 1 fully saturated rings. The van der Waals surface area contributed by atoms with Gasteiger partial charge in [-0.05, 0) is 12.1 Å². The summed E-state index contributed by atoms with van der Waals surface area (Å²) in [7, 11) is 0. The van der Waals surface area contributed by atoms with Gasteiger partial charge in [0.1, 0.15) is 5.82 Å². The minimum atomic E-state index is -0.811. The summed E-state index contributed by atoms with van der Waals surface area (Å²) in [6.07, 6.45) is -0.244. The number of hydrogen-bond donors (Lipinski definition) is 0. The maximum atomic E-state index is 13.2. The summed E-state index contributed by atoms with van der Waals surface area (Å²) in [6.45, 7) is 0. The van der Waals surface area contributed by atoms with Crippen molar-refractivity contribution in [1.29, 1.82) is 0 Å². The van der Waals surface area contributed by atoms with Gasteiger partial charge in [-0.15, -0.1) is 0 Å². The van der Waals surface area contributed by atoms with Crippen molar-refractivity contribution in [3.63, 3.8) is 0 Å². The Bertz CT molecular complexity index is 414. The van der Waals surface area contributed by atoms with E-state index in [9.17, 15) is 14.0 Å². The molecule has 2 rings (SSSR count). The maximum absolute atomic E-state index is 13.2. The van der Waals surface area contributed by atoms with Crippen molar-refractivity contribution in [1.82, 2.24) is 0 Å². The number of halogens is 1. The Morgan fingerprint density at radius 1 is 1.40 bits per heavy atom. The third-order valence-electron chi connectivity index (χ3n) is 2.32. The monoisotopic (exact) mass is 208 g/mol. The molecule has 1 saturated heterocycles. The van der Waals surface area contributed by atoms with Crippen LogP contribution in [0.5, 0.6) is 0 Å². The smallest absolute Gasteiger partial charge is 0.306 e. The highest BCUT2D eigenvalue weighted by Gasteiger charge is 2.31. The van der Waals surface area contributed by atoms with Gasteiger partial charge >= 0.3 is 5.97 Å². The van der Waals surface area contributed by atoms with Crippen molar-refractivity contribution < 1.29 is 18.7 Å². The molecular weight excluding hydrogens is 199 g/mol. The highest BCUT2D eigenvalue weighted by Crippen LogP contribution is 2.19. The molecule has 15 heavy (non-hydrogen) atoms. The molecule has 1 aliphatic rings. The number of hydrogen-bond acceptors (Lipinski definition) is 3. The van der Waals surface area contributed by atoms with Crippen molar-refractivity contribution >= 4 is 11.8 Å². The minimum absolute atomic E-state index is 0.0165. The number of rotatable bonds is 2. The highest BCUT2D eigenvalue weighted by molar-refractivity contribution is 6.01. The van der Waals surface area contributed by atoms with Crippen LogP contribution in [0.2, 0.25) is 0 Å². The van der Waals surface area contributed by atoms with Crippen molar-refractivity contribution in [2.75, 3.05) is 0 Å². The molecule has 3 nitrogen and oxygen atoms in total. The van der Waals surface area contributed by atoms with E-state index < -0.39 is 23.7 Å². The lowest BCUT2D eigenvalue weighted by Crippen LogP contribution is -2.21. The molecular formula is C11H9FO3. The second-order valence-corrected chi connectivity index (χ2v) is 3.36. The van der Waals surface area contributed by atoms with Crippen molar-refractivity contribution in [2.45, 2.75) is 18.9 Å². The predicted octanol–water partition coefficient (Wildman–Crippen LogP) is 1.71. The van der Waals surface area contributed by atoms with Crippen LogP contribution in [0.1, 0.15) is 23.2 Å². The number of carbonyl (C=O) groups is 2. The zero-order chi connectivity index (χ0) is 10.8. The quantitative estimate of drug-likeness (QED) is 0.549. The summed E-state index contributed by atoms with van der Waals surface area (Å²) in [5.41, 5.74) is -0.0165. The minimum Gasteiger partial charge on any atom is -0.454 e. The van der Waals surface area contributed by atoms with Gasteiger partial charge in [-0.25, -0.2) is 4.39 Å². The van der Waals surface area contributed by atoms with Gasteiger partial charge in [0.05, 0.1) is 5.56 Å². The lowest BCUT2D eigenvalue weighted by atomic mass is 10.0. The average molecular weight is 208 g/mol. The van der Waals surface area contributed by atoms with E-state index >= 15 is 0 Å². The third kappa shape index (κ3) is 1.88. The second-order valence-electron chi connectivity index (χ2n) is 3.36. The van der Waals surface area contributed by atoms with Crippen LogP contribution >= 0.6 is 0 Å². The van der Waals surface area contributed by atoms with Crippen LogP contribution in [-0.2, 0) is 9.53 Å². The van der Waals surface area contributed by atoms with Crippen molar-refractivity contribution in [3.8, 4) is 0 Å². The Hall–Kier alpha value is -1.71. The van der Waals surface area contributed by atoms with E-state index in [0.717, 1.165) is 0 Å². The van der Waals surface area contributed by atoms with E-state index in [1.54, 1.807) is 6.07 Å². The summed E-state index contributed by atoms with van der Waals surface area (Å²) < 4.78 is 18.0. The van der Waals surface area contributed by atoms with E-state index in [2.05, 4.69) is 0 Å². The first kappa shape index (κ1) is 9.83. The number of esters is 1. The Balaban J connectivity index is 2.21. The van der Waals surface area contributed by atoms with E-state index in [4.69, 9.17) is 4.74 Å². The maximum Gasteiger partial charge on any atom is 0.306 e. The summed E-state index contributed by atoms with van der Waals surface area (Å²) in [5.74, 6) is -1.44. The molecule has 4 heteroatoms. The molecule has 0 N–H and O–H groups in total. The fraction of sp³-hybridized carbons (Fsp3) is 0.273. The van der Waals surface area contributed by atoms with Crippen molar-refractivity contribution in [2.24, 2.45) is 0 Å². The molecule has 1 aliphatic heterocycles. The molecule has 0 aromatic heterocycles. The van der Waals surface area contributed by atoms with Crippen LogP contribution in [0, 0.1) is 5.82 Å². The molecule has 1 heterocycles. The van der Waals surface area contributed by atoms with Gasteiger partial charge in [-0.2, -0.15) is 0 Å². The molecule has 0 amide bonds. The molecule has 0 radical (unpaired) electrons. The van der Waals surface area contributed by atoms with E-state index in [0.29, 0.717) is 6.42 Å². The number of Topliss-reactive ketones (excluding diaryl/α,β-unsaturated/α-hetero) is 1. The normalized spacial score (nSPS) is 20.1. The van der Waals surface area contributed by atoms with E-state index in [1.807, 2.05) is 0 Å². The average Bonchev–Trinajstić information content (AvgIpc) is 2.65. The van der Waals surface area contributed by atoms with Crippen molar-refractivity contribution in [3.05, 3.63) is 35.6 Å². The number of ether oxygens (including phenoxy) is 1. The van der Waals surface area contributed by atoms with Gasteiger partial charge in [0.25, 0.3) is 0 Å². The predicted molar refractivity (Wildman–Crippen MR) is 49.8 cm³/mol. The highest BCUT2D eigenvalue weighted by atomic mass is 19.1. The summed E-state index contributed by atoms with van der Waals surface area (Å²) in [6, 6.07) is 5.69. The zero-order valence-corrected chi connectivity index (χ0v) is 7.90. The molecule has 1 atom stereocenters. The van der Waals surface area contributed by atoms with E-state index in [1.165, 1.54) is 18.2 Å². The summed E-state index contributed by atoms with van der Waals surface area (Å²) in [4.78, 5) is 22.5. The Morgan fingerprint density at radius 2 is 2.13 bits per heavy atom. The Labute approximate surface area is 85.9 Å². The molecule has 1 aromatic carbocycles. The van der Waals surface area contributed by atoms with Crippen LogP contribution in [0.15, 0.2) is 24.3 Å². The summed E-state index contributed by atoms with van der Waals surface area (Å²) in [5, 5.41) is 0. The van der Waals surface area contributed by atoms with Crippen LogP contribution in [0.3, 0.4) is 0 Å². The largest absolute Gasteiger partial charge is 0.454 e. The molecule has 0 bridgehead atoms. The lowest BCUT2D eigenvalue weighted by Gasteiger charge is -2.08. The SMILES string of the molecule is O=C1CCC(C(=O)c2ccccc2F)O1. The van der Waals surface area contributed by atoms with E-state index in [-0.39, 0.29) is 12.0 Å². The first-order chi connectivity index (χ1) is 7.18. The van der Waals surface area contributed by atoms with Crippen LogP contribution in [0.25, 0.3) is 0 Å². The molecule has 1 aromatic rings. The molecule has 1 unspecified atom stereocenters. The van der Waals surface area contributed by atoms with Gasteiger partial charge in [0.15, 0.2) is 6.10 Å². The number of benzene rings is 1. The van der Waals surface area contributed by atoms with Gasteiger partial charge in [-0.1, -0.05) is 12.1 Å². The summed E-state index contributed by atoms with van der Waals surface area (Å²) >= 11 is 0. The first-order valence-corrected chi connectivity index (χ1v) is 4.66. The zero-order valence-electron chi connectivity index (χ0n) is 7.90. The number of cyclic esters (lactones) is 1.